The largest absolute Gasteiger partial charge is 0.370 e. The van der Waals surface area contributed by atoms with Gasteiger partial charge in [-0.2, -0.15) is 11.8 Å². The number of benzene rings is 1. The van der Waals surface area contributed by atoms with Gasteiger partial charge in [-0.15, -0.1) is 0 Å². The fraction of sp³-hybridized carbons (Fsp3) is 0.417. The normalized spacial score (nSPS) is 17.2. The number of hydrogen-bond acceptors (Lipinski definition) is 4. The van der Waals surface area contributed by atoms with E-state index in [0.717, 1.165) is 30.2 Å². The van der Waals surface area contributed by atoms with Crippen molar-refractivity contribution in [3.63, 3.8) is 0 Å². The second-order valence-corrected chi connectivity index (χ2v) is 7.25. The van der Waals surface area contributed by atoms with Crippen molar-refractivity contribution < 1.29 is 8.42 Å². The second kappa shape index (κ2) is 6.47. The highest BCUT2D eigenvalue weighted by Gasteiger charge is 2.12. The van der Waals surface area contributed by atoms with Crippen molar-refractivity contribution in [2.75, 3.05) is 24.6 Å². The van der Waals surface area contributed by atoms with Crippen LogP contribution < -0.4 is 10.9 Å². The zero-order chi connectivity index (χ0) is 14.6. The van der Waals surface area contributed by atoms with Crippen molar-refractivity contribution in [2.45, 2.75) is 11.4 Å². The fourth-order valence-electron chi connectivity index (χ4n) is 1.85. The van der Waals surface area contributed by atoms with Gasteiger partial charge < -0.3 is 10.6 Å². The molecule has 1 fully saturated rings. The van der Waals surface area contributed by atoms with Gasteiger partial charge in [-0.25, -0.2) is 18.5 Å². The van der Waals surface area contributed by atoms with Gasteiger partial charge in [0, 0.05) is 24.6 Å². The average Bonchev–Trinajstić information content (AvgIpc) is 2.45. The molecule has 0 spiro atoms. The van der Waals surface area contributed by atoms with Crippen LogP contribution in [0, 0.1) is 0 Å². The van der Waals surface area contributed by atoms with Gasteiger partial charge in [0.15, 0.2) is 5.96 Å². The second-order valence-electron chi connectivity index (χ2n) is 4.46. The van der Waals surface area contributed by atoms with E-state index < -0.39 is 10.0 Å². The van der Waals surface area contributed by atoms with Gasteiger partial charge >= 0.3 is 0 Å². The SMILES string of the molecule is NC(=NCc1ccc(S(N)(=O)=O)cc1)N1CCSCC1. The summed E-state index contributed by atoms with van der Waals surface area (Å²) in [6.45, 7) is 2.27. The van der Waals surface area contributed by atoms with Crippen LogP contribution in [0.25, 0.3) is 0 Å². The molecule has 1 aromatic carbocycles. The number of sulfonamides is 1. The van der Waals surface area contributed by atoms with Crippen LogP contribution in [0.2, 0.25) is 0 Å². The zero-order valence-corrected chi connectivity index (χ0v) is 12.7. The molecule has 1 aliphatic heterocycles. The molecule has 0 unspecified atom stereocenters. The lowest BCUT2D eigenvalue weighted by Gasteiger charge is -2.27. The molecule has 1 aliphatic rings. The number of primary sulfonamides is 1. The monoisotopic (exact) mass is 314 g/mol. The summed E-state index contributed by atoms with van der Waals surface area (Å²) in [5.41, 5.74) is 6.84. The van der Waals surface area contributed by atoms with E-state index in [1.165, 1.54) is 12.1 Å². The maximum absolute atomic E-state index is 11.1. The molecule has 0 amide bonds. The molecule has 0 bridgehead atoms. The Morgan fingerprint density at radius 3 is 2.40 bits per heavy atom. The lowest BCUT2D eigenvalue weighted by molar-refractivity contribution is 0.455. The molecule has 0 aliphatic carbocycles. The van der Waals surface area contributed by atoms with E-state index in [9.17, 15) is 8.42 Å². The van der Waals surface area contributed by atoms with Crippen molar-refractivity contribution in [1.29, 1.82) is 0 Å². The van der Waals surface area contributed by atoms with Gasteiger partial charge in [0.05, 0.1) is 11.4 Å². The van der Waals surface area contributed by atoms with E-state index >= 15 is 0 Å². The predicted octanol–water partition coefficient (Wildman–Crippen LogP) is 0.198. The predicted molar refractivity (Wildman–Crippen MR) is 82.0 cm³/mol. The van der Waals surface area contributed by atoms with Gasteiger partial charge in [-0.3, -0.25) is 0 Å². The van der Waals surface area contributed by atoms with Crippen LogP contribution >= 0.6 is 11.8 Å². The topological polar surface area (TPSA) is 102 Å². The Bertz CT molecular complexity index is 578. The van der Waals surface area contributed by atoms with Crippen LogP contribution in [0.4, 0.5) is 0 Å². The summed E-state index contributed by atoms with van der Waals surface area (Å²) < 4.78 is 22.3. The zero-order valence-electron chi connectivity index (χ0n) is 11.0. The average molecular weight is 314 g/mol. The van der Waals surface area contributed by atoms with Crippen molar-refractivity contribution in [2.24, 2.45) is 15.9 Å². The highest BCUT2D eigenvalue weighted by atomic mass is 32.2. The minimum absolute atomic E-state index is 0.103. The Morgan fingerprint density at radius 2 is 1.85 bits per heavy atom. The third-order valence-corrected chi connectivity index (χ3v) is 4.88. The number of nitrogens with zero attached hydrogens (tertiary/aromatic N) is 2. The number of aliphatic imine (C=N–C) groups is 1. The quantitative estimate of drug-likeness (QED) is 0.613. The summed E-state index contributed by atoms with van der Waals surface area (Å²) >= 11 is 1.91. The lowest BCUT2D eigenvalue weighted by Crippen LogP contribution is -2.42. The van der Waals surface area contributed by atoms with Gasteiger partial charge in [-0.1, -0.05) is 12.1 Å². The van der Waals surface area contributed by atoms with Crippen molar-refractivity contribution in [1.82, 2.24) is 4.90 Å². The molecular weight excluding hydrogens is 296 g/mol. The van der Waals surface area contributed by atoms with Crippen LogP contribution in [0.3, 0.4) is 0 Å². The lowest BCUT2D eigenvalue weighted by atomic mass is 10.2. The summed E-state index contributed by atoms with van der Waals surface area (Å²) in [5.74, 6) is 2.68. The summed E-state index contributed by atoms with van der Waals surface area (Å²) in [5, 5.41) is 5.04. The first kappa shape index (κ1) is 15.1. The Kier molecular flexibility index (Phi) is 4.90. The molecule has 1 heterocycles. The molecule has 4 N–H and O–H groups in total. The van der Waals surface area contributed by atoms with E-state index in [-0.39, 0.29) is 4.90 Å². The highest BCUT2D eigenvalue weighted by Crippen LogP contribution is 2.11. The van der Waals surface area contributed by atoms with Gasteiger partial charge in [0.25, 0.3) is 0 Å². The summed E-state index contributed by atoms with van der Waals surface area (Å²) in [4.78, 5) is 6.51. The number of hydrogen-bond donors (Lipinski definition) is 2. The van der Waals surface area contributed by atoms with Crippen molar-refractivity contribution in [3.05, 3.63) is 29.8 Å². The highest BCUT2D eigenvalue weighted by molar-refractivity contribution is 7.99. The van der Waals surface area contributed by atoms with Crippen LogP contribution in [0.15, 0.2) is 34.2 Å². The summed E-state index contributed by atoms with van der Waals surface area (Å²) in [6.07, 6.45) is 0. The molecule has 1 saturated heterocycles. The van der Waals surface area contributed by atoms with Gasteiger partial charge in [0.1, 0.15) is 0 Å². The Morgan fingerprint density at radius 1 is 1.25 bits per heavy atom. The van der Waals surface area contributed by atoms with E-state index in [0.29, 0.717) is 12.5 Å². The molecule has 1 aromatic rings. The van der Waals surface area contributed by atoms with Crippen LogP contribution in [-0.2, 0) is 16.6 Å². The third-order valence-electron chi connectivity index (χ3n) is 3.01. The number of nitrogens with two attached hydrogens (primary N) is 2. The maximum atomic E-state index is 11.1. The Labute approximate surface area is 123 Å². The summed E-state index contributed by atoms with van der Waals surface area (Å²) in [6, 6.07) is 6.35. The van der Waals surface area contributed by atoms with Crippen molar-refractivity contribution >= 4 is 27.7 Å². The van der Waals surface area contributed by atoms with Gasteiger partial charge in [0.2, 0.25) is 10.0 Å². The molecule has 6 nitrogen and oxygen atoms in total. The van der Waals surface area contributed by atoms with Crippen LogP contribution in [0.1, 0.15) is 5.56 Å². The number of thioether (sulfide) groups is 1. The molecule has 0 saturated carbocycles. The first-order chi connectivity index (χ1) is 9.47. The Balaban J connectivity index is 1.99. The fourth-order valence-corrected chi connectivity index (χ4v) is 3.27. The molecular formula is C12H18N4O2S2. The standard InChI is InChI=1S/C12H18N4O2S2/c13-12(16-5-7-19-8-6-16)15-9-10-1-3-11(4-2-10)20(14,17)18/h1-4H,5-9H2,(H2,13,15)(H2,14,17,18). The molecule has 8 heteroatoms. The first-order valence-corrected chi connectivity index (χ1v) is 8.91. The molecule has 0 radical (unpaired) electrons. The maximum Gasteiger partial charge on any atom is 0.238 e. The smallest absolute Gasteiger partial charge is 0.238 e. The molecule has 110 valence electrons. The molecule has 0 aromatic heterocycles. The summed E-state index contributed by atoms with van der Waals surface area (Å²) in [7, 11) is -3.64. The first-order valence-electron chi connectivity index (χ1n) is 6.21. The minimum atomic E-state index is -3.64. The molecule has 2 rings (SSSR count). The van der Waals surface area contributed by atoms with Crippen LogP contribution in [-0.4, -0.2) is 43.9 Å². The molecule has 0 atom stereocenters. The van der Waals surface area contributed by atoms with Crippen LogP contribution in [0.5, 0.6) is 0 Å². The molecule has 20 heavy (non-hydrogen) atoms. The van der Waals surface area contributed by atoms with E-state index in [4.69, 9.17) is 10.9 Å². The van der Waals surface area contributed by atoms with Gasteiger partial charge in [-0.05, 0) is 17.7 Å². The number of rotatable bonds is 3. The van der Waals surface area contributed by atoms with E-state index in [1.54, 1.807) is 12.1 Å². The third kappa shape index (κ3) is 4.12. The minimum Gasteiger partial charge on any atom is -0.370 e. The van der Waals surface area contributed by atoms with E-state index in [1.807, 2.05) is 11.8 Å². The van der Waals surface area contributed by atoms with Crippen molar-refractivity contribution in [3.8, 4) is 0 Å². The number of guanidine groups is 1. The van der Waals surface area contributed by atoms with E-state index in [2.05, 4.69) is 9.89 Å². The Hall–Kier alpha value is -1.25.